The van der Waals surface area contributed by atoms with Crippen molar-refractivity contribution in [3.8, 4) is 0 Å². The van der Waals surface area contributed by atoms with E-state index in [1.807, 2.05) is 18.9 Å². The van der Waals surface area contributed by atoms with Crippen LogP contribution < -0.4 is 5.73 Å². The minimum atomic E-state index is 0.0722. The van der Waals surface area contributed by atoms with Gasteiger partial charge in [-0.25, -0.2) is 0 Å². The number of thioether (sulfide) groups is 1. The number of likely N-dealkylation sites (N-methyl/N-ethyl adjacent to an activating group) is 1. The Hall–Kier alpha value is 0.230. The maximum atomic E-state index is 6.05. The molecule has 1 aliphatic carbocycles. The second kappa shape index (κ2) is 6.84. The summed E-state index contributed by atoms with van der Waals surface area (Å²) < 4.78 is 5.67. The van der Waals surface area contributed by atoms with Gasteiger partial charge in [-0.1, -0.05) is 12.8 Å². The summed E-state index contributed by atoms with van der Waals surface area (Å²) >= 11 is 1.89. The molecule has 1 rings (SSSR count). The van der Waals surface area contributed by atoms with E-state index in [1.54, 1.807) is 0 Å². The Morgan fingerprint density at radius 1 is 1.50 bits per heavy atom. The van der Waals surface area contributed by atoms with E-state index < -0.39 is 0 Å². The number of nitrogens with two attached hydrogens (primary N) is 1. The zero-order chi connectivity index (χ0) is 12.0. The minimum Gasteiger partial charge on any atom is -0.379 e. The van der Waals surface area contributed by atoms with Crippen molar-refractivity contribution < 1.29 is 4.74 Å². The topological polar surface area (TPSA) is 38.5 Å². The van der Waals surface area contributed by atoms with Crippen LogP contribution in [-0.4, -0.2) is 55.8 Å². The van der Waals surface area contributed by atoms with Crippen LogP contribution in [-0.2, 0) is 4.74 Å². The first-order valence-corrected chi connectivity index (χ1v) is 7.53. The largest absolute Gasteiger partial charge is 0.379 e. The van der Waals surface area contributed by atoms with Crippen LogP contribution in [0, 0.1) is 0 Å². The molecule has 0 radical (unpaired) electrons. The average Bonchev–Trinajstić information content (AvgIpc) is 2.35. The highest BCUT2D eigenvalue weighted by Gasteiger charge is 2.42. The summed E-state index contributed by atoms with van der Waals surface area (Å²) in [6.45, 7) is 1.80. The summed E-state index contributed by atoms with van der Waals surface area (Å²) in [5.41, 5.74) is 6.12. The van der Waals surface area contributed by atoms with Crippen molar-refractivity contribution in [2.24, 2.45) is 5.73 Å². The van der Waals surface area contributed by atoms with Crippen LogP contribution in [0.15, 0.2) is 0 Å². The highest BCUT2D eigenvalue weighted by atomic mass is 32.2. The maximum Gasteiger partial charge on any atom is 0.0767 e. The van der Waals surface area contributed by atoms with Gasteiger partial charge in [-0.2, -0.15) is 11.8 Å². The molecule has 0 heterocycles. The predicted octanol–water partition coefficient (Wildman–Crippen LogP) is 1.57. The number of rotatable bonds is 6. The van der Waals surface area contributed by atoms with Crippen LogP contribution in [0.1, 0.15) is 25.7 Å². The number of nitrogens with zero attached hydrogens (tertiary/aromatic N) is 1. The molecule has 1 fully saturated rings. The lowest BCUT2D eigenvalue weighted by Crippen LogP contribution is -2.62. The Morgan fingerprint density at radius 2 is 2.25 bits per heavy atom. The quantitative estimate of drug-likeness (QED) is 0.772. The predicted molar refractivity (Wildman–Crippen MR) is 72.1 cm³/mol. The third-order valence-electron chi connectivity index (χ3n) is 3.95. The molecule has 0 aromatic rings. The molecule has 0 aliphatic heterocycles. The van der Waals surface area contributed by atoms with Gasteiger partial charge in [-0.3, -0.25) is 4.90 Å². The first kappa shape index (κ1) is 14.3. The van der Waals surface area contributed by atoms with Crippen molar-refractivity contribution in [2.45, 2.75) is 37.3 Å². The molecule has 1 aliphatic rings. The molecule has 4 heteroatoms. The SMILES string of the molecule is COC1CCCCC1(CN)N(C)CCSC. The van der Waals surface area contributed by atoms with E-state index in [2.05, 4.69) is 18.2 Å². The molecule has 16 heavy (non-hydrogen) atoms. The van der Waals surface area contributed by atoms with Crippen molar-refractivity contribution in [2.75, 3.05) is 39.3 Å². The van der Waals surface area contributed by atoms with E-state index in [-0.39, 0.29) is 5.54 Å². The number of methoxy groups -OCH3 is 1. The average molecular weight is 246 g/mol. The zero-order valence-electron chi connectivity index (χ0n) is 10.9. The molecular weight excluding hydrogens is 220 g/mol. The fourth-order valence-electron chi connectivity index (χ4n) is 2.80. The monoisotopic (exact) mass is 246 g/mol. The minimum absolute atomic E-state index is 0.0722. The molecular formula is C12H26N2OS. The summed E-state index contributed by atoms with van der Waals surface area (Å²) in [6.07, 6.45) is 7.33. The standard InChI is InChI=1S/C12H26N2OS/c1-14(8-9-16-3)12(10-13)7-5-4-6-11(12)15-2/h11H,4-10,13H2,1-3H3. The summed E-state index contributed by atoms with van der Waals surface area (Å²) in [4.78, 5) is 2.43. The fourth-order valence-corrected chi connectivity index (χ4v) is 3.26. The molecule has 0 aromatic heterocycles. The highest BCUT2D eigenvalue weighted by molar-refractivity contribution is 7.98. The van der Waals surface area contributed by atoms with Crippen LogP contribution in [0.4, 0.5) is 0 Å². The second-order valence-corrected chi connectivity index (χ2v) is 5.68. The van der Waals surface area contributed by atoms with E-state index in [4.69, 9.17) is 10.5 Å². The van der Waals surface area contributed by atoms with Gasteiger partial charge in [0, 0.05) is 26.0 Å². The number of hydrogen-bond donors (Lipinski definition) is 1. The Balaban J connectivity index is 2.71. The van der Waals surface area contributed by atoms with E-state index in [0.29, 0.717) is 12.6 Å². The number of hydrogen-bond acceptors (Lipinski definition) is 4. The molecule has 2 N–H and O–H groups in total. The lowest BCUT2D eigenvalue weighted by atomic mass is 9.78. The zero-order valence-corrected chi connectivity index (χ0v) is 11.7. The van der Waals surface area contributed by atoms with Crippen molar-refractivity contribution >= 4 is 11.8 Å². The molecule has 0 saturated heterocycles. The summed E-state index contributed by atoms with van der Waals surface area (Å²) in [6, 6.07) is 0. The Labute approximate surface area is 104 Å². The van der Waals surface area contributed by atoms with Gasteiger partial charge in [-0.15, -0.1) is 0 Å². The molecule has 0 spiro atoms. The first-order chi connectivity index (χ1) is 7.71. The highest BCUT2D eigenvalue weighted by Crippen LogP contribution is 2.34. The third-order valence-corrected chi connectivity index (χ3v) is 4.55. The second-order valence-electron chi connectivity index (χ2n) is 4.69. The van der Waals surface area contributed by atoms with Gasteiger partial charge in [0.2, 0.25) is 0 Å². The third kappa shape index (κ3) is 2.92. The molecule has 96 valence electrons. The van der Waals surface area contributed by atoms with E-state index in [1.165, 1.54) is 19.3 Å². The summed E-state index contributed by atoms with van der Waals surface area (Å²) in [5, 5.41) is 0. The summed E-state index contributed by atoms with van der Waals surface area (Å²) in [5.74, 6) is 1.16. The lowest BCUT2D eigenvalue weighted by Gasteiger charge is -2.48. The van der Waals surface area contributed by atoms with E-state index in [9.17, 15) is 0 Å². The molecule has 2 unspecified atom stereocenters. The maximum absolute atomic E-state index is 6.05. The van der Waals surface area contributed by atoms with Gasteiger partial charge in [0.1, 0.15) is 0 Å². The van der Waals surface area contributed by atoms with Crippen molar-refractivity contribution in [3.63, 3.8) is 0 Å². The van der Waals surface area contributed by atoms with Gasteiger partial charge in [0.15, 0.2) is 0 Å². The van der Waals surface area contributed by atoms with Gasteiger partial charge < -0.3 is 10.5 Å². The van der Waals surface area contributed by atoms with Crippen molar-refractivity contribution in [1.82, 2.24) is 4.90 Å². The van der Waals surface area contributed by atoms with E-state index in [0.717, 1.165) is 18.7 Å². The first-order valence-electron chi connectivity index (χ1n) is 6.14. The Bertz CT molecular complexity index is 203. The Morgan fingerprint density at radius 3 is 2.81 bits per heavy atom. The van der Waals surface area contributed by atoms with Crippen LogP contribution in [0.5, 0.6) is 0 Å². The molecule has 1 saturated carbocycles. The van der Waals surface area contributed by atoms with Crippen LogP contribution >= 0.6 is 11.8 Å². The van der Waals surface area contributed by atoms with E-state index >= 15 is 0 Å². The van der Waals surface area contributed by atoms with Crippen LogP contribution in [0.3, 0.4) is 0 Å². The molecule has 0 bridgehead atoms. The lowest BCUT2D eigenvalue weighted by molar-refractivity contribution is -0.0634. The van der Waals surface area contributed by atoms with Gasteiger partial charge in [-0.05, 0) is 26.1 Å². The van der Waals surface area contributed by atoms with Crippen LogP contribution in [0.2, 0.25) is 0 Å². The Kier molecular flexibility index (Phi) is 6.11. The van der Waals surface area contributed by atoms with Crippen molar-refractivity contribution in [1.29, 1.82) is 0 Å². The van der Waals surface area contributed by atoms with Crippen molar-refractivity contribution in [3.05, 3.63) is 0 Å². The molecule has 0 amide bonds. The summed E-state index contributed by atoms with van der Waals surface area (Å²) in [7, 11) is 4.02. The molecule has 2 atom stereocenters. The fraction of sp³-hybridized carbons (Fsp3) is 1.00. The normalized spacial score (nSPS) is 30.9. The van der Waals surface area contributed by atoms with Gasteiger partial charge in [0.05, 0.1) is 11.6 Å². The smallest absolute Gasteiger partial charge is 0.0767 e. The number of ether oxygens (including phenoxy) is 1. The van der Waals surface area contributed by atoms with Crippen LogP contribution in [0.25, 0.3) is 0 Å². The van der Waals surface area contributed by atoms with Gasteiger partial charge in [0.25, 0.3) is 0 Å². The molecule has 0 aromatic carbocycles. The molecule has 3 nitrogen and oxygen atoms in total. The van der Waals surface area contributed by atoms with Gasteiger partial charge >= 0.3 is 0 Å².